The molecule has 0 fully saturated rings. The zero-order chi connectivity index (χ0) is 13.7. The van der Waals surface area contributed by atoms with Gasteiger partial charge in [-0.2, -0.15) is 4.31 Å². The third-order valence-electron chi connectivity index (χ3n) is 2.31. The fraction of sp³-hybridized carbons (Fsp3) is 0.909. The Morgan fingerprint density at radius 2 is 1.88 bits per heavy atom. The molecule has 0 aliphatic carbocycles. The van der Waals surface area contributed by atoms with Gasteiger partial charge in [0.2, 0.25) is 10.0 Å². The molecule has 0 amide bonds. The summed E-state index contributed by atoms with van der Waals surface area (Å²) in [6, 6.07) is 0. The summed E-state index contributed by atoms with van der Waals surface area (Å²) in [5.74, 6) is 0.152. The Kier molecular flexibility index (Phi) is 6.58. The molecule has 0 unspecified atom stereocenters. The number of hydrogen-bond donors (Lipinski definition) is 1. The summed E-state index contributed by atoms with van der Waals surface area (Å²) in [4.78, 5) is 0.220. The van der Waals surface area contributed by atoms with E-state index in [0.29, 0.717) is 13.0 Å². The number of sulfonamides is 1. The molecule has 0 saturated carbocycles. The number of thiocarbonyl (C=S) groups is 1. The summed E-state index contributed by atoms with van der Waals surface area (Å²) < 4.78 is 25.6. The molecule has 0 aromatic rings. The largest absolute Gasteiger partial charge is 0.392 e. The molecular weight excluding hydrogens is 256 g/mol. The van der Waals surface area contributed by atoms with Crippen LogP contribution in [0, 0.1) is 5.41 Å². The standard InChI is InChI=1S/C11H24N2O2S2/c1-5-7-13(9-10(12)16)17(14,15)8-6-11(2,3)4/h5-9H2,1-4H3,(H2,12,16). The van der Waals surface area contributed by atoms with Crippen LogP contribution in [0.25, 0.3) is 0 Å². The van der Waals surface area contributed by atoms with E-state index in [9.17, 15) is 8.42 Å². The molecule has 0 rings (SSSR count). The van der Waals surface area contributed by atoms with E-state index < -0.39 is 10.0 Å². The van der Waals surface area contributed by atoms with Crippen molar-refractivity contribution in [2.45, 2.75) is 40.5 Å². The van der Waals surface area contributed by atoms with E-state index in [1.54, 1.807) is 0 Å². The van der Waals surface area contributed by atoms with Crippen molar-refractivity contribution in [1.29, 1.82) is 0 Å². The fourth-order valence-electron chi connectivity index (χ4n) is 1.30. The van der Waals surface area contributed by atoms with Gasteiger partial charge in [0.15, 0.2) is 0 Å². The van der Waals surface area contributed by atoms with Crippen LogP contribution < -0.4 is 5.73 Å². The van der Waals surface area contributed by atoms with Crippen molar-refractivity contribution < 1.29 is 8.42 Å². The Labute approximate surface area is 111 Å². The molecule has 0 aromatic heterocycles. The SMILES string of the molecule is CCCN(CC(N)=S)S(=O)(=O)CCC(C)(C)C. The van der Waals surface area contributed by atoms with Gasteiger partial charge in [-0.15, -0.1) is 0 Å². The maximum absolute atomic E-state index is 12.1. The smallest absolute Gasteiger partial charge is 0.214 e. The summed E-state index contributed by atoms with van der Waals surface area (Å²) in [6.45, 7) is 8.64. The quantitative estimate of drug-likeness (QED) is 0.722. The number of hydrogen-bond acceptors (Lipinski definition) is 3. The highest BCUT2D eigenvalue weighted by atomic mass is 32.2. The van der Waals surface area contributed by atoms with Crippen LogP contribution in [0.5, 0.6) is 0 Å². The zero-order valence-corrected chi connectivity index (χ0v) is 12.8. The molecule has 0 aromatic carbocycles. The minimum atomic E-state index is -3.25. The van der Waals surface area contributed by atoms with E-state index in [0.717, 1.165) is 6.42 Å². The Morgan fingerprint density at radius 1 is 1.35 bits per heavy atom. The van der Waals surface area contributed by atoms with Gasteiger partial charge in [0.25, 0.3) is 0 Å². The Bertz CT molecular complexity index is 345. The van der Waals surface area contributed by atoms with Gasteiger partial charge in [0.1, 0.15) is 0 Å². The minimum Gasteiger partial charge on any atom is -0.392 e. The minimum absolute atomic E-state index is 0.00811. The summed E-state index contributed by atoms with van der Waals surface area (Å²) in [5.41, 5.74) is 5.44. The molecule has 0 bridgehead atoms. The topological polar surface area (TPSA) is 63.4 Å². The van der Waals surface area contributed by atoms with E-state index in [1.807, 2.05) is 27.7 Å². The van der Waals surface area contributed by atoms with Crippen LogP contribution in [0.15, 0.2) is 0 Å². The summed E-state index contributed by atoms with van der Waals surface area (Å²) in [6.07, 6.45) is 1.39. The molecule has 6 heteroatoms. The van der Waals surface area contributed by atoms with Crippen molar-refractivity contribution in [3.8, 4) is 0 Å². The highest BCUT2D eigenvalue weighted by Gasteiger charge is 2.24. The first-order valence-corrected chi connectivity index (χ1v) is 7.86. The van der Waals surface area contributed by atoms with Crippen molar-refractivity contribution >= 4 is 27.2 Å². The van der Waals surface area contributed by atoms with Crippen molar-refractivity contribution in [3.05, 3.63) is 0 Å². The lowest BCUT2D eigenvalue weighted by Crippen LogP contribution is -2.40. The molecule has 0 heterocycles. The molecule has 2 N–H and O–H groups in total. The monoisotopic (exact) mass is 280 g/mol. The second-order valence-corrected chi connectivity index (χ2v) is 8.04. The van der Waals surface area contributed by atoms with Crippen molar-refractivity contribution in [2.75, 3.05) is 18.8 Å². The first kappa shape index (κ1) is 16.8. The van der Waals surface area contributed by atoms with Gasteiger partial charge in [0, 0.05) is 6.54 Å². The van der Waals surface area contributed by atoms with Crippen LogP contribution in [0.1, 0.15) is 40.5 Å². The van der Waals surface area contributed by atoms with Gasteiger partial charge in [-0.25, -0.2) is 8.42 Å². The first-order chi connectivity index (χ1) is 7.58. The average molecular weight is 280 g/mol. The van der Waals surface area contributed by atoms with Gasteiger partial charge in [-0.1, -0.05) is 39.9 Å². The number of nitrogens with two attached hydrogens (primary N) is 1. The summed E-state index contributed by atoms with van der Waals surface area (Å²) in [5, 5.41) is 0. The van der Waals surface area contributed by atoms with Gasteiger partial charge >= 0.3 is 0 Å². The molecular formula is C11H24N2O2S2. The van der Waals surface area contributed by atoms with Gasteiger partial charge in [0.05, 0.1) is 17.3 Å². The lowest BCUT2D eigenvalue weighted by molar-refractivity contribution is 0.386. The molecule has 0 atom stereocenters. The van der Waals surface area contributed by atoms with E-state index in [4.69, 9.17) is 18.0 Å². The summed E-state index contributed by atoms with van der Waals surface area (Å²) in [7, 11) is -3.25. The molecule has 0 spiro atoms. The molecule has 0 saturated heterocycles. The van der Waals surface area contributed by atoms with E-state index >= 15 is 0 Å². The number of rotatable bonds is 7. The van der Waals surface area contributed by atoms with E-state index in [2.05, 4.69) is 0 Å². The van der Waals surface area contributed by atoms with Crippen molar-refractivity contribution in [1.82, 2.24) is 4.31 Å². The molecule has 102 valence electrons. The second kappa shape index (κ2) is 6.66. The van der Waals surface area contributed by atoms with Crippen LogP contribution in [-0.2, 0) is 10.0 Å². The predicted molar refractivity (Wildman–Crippen MR) is 76.5 cm³/mol. The van der Waals surface area contributed by atoms with Crippen LogP contribution in [-0.4, -0.2) is 36.6 Å². The third-order valence-corrected chi connectivity index (χ3v) is 4.26. The molecule has 4 nitrogen and oxygen atoms in total. The predicted octanol–water partition coefficient (Wildman–Crippen LogP) is 1.75. The average Bonchev–Trinajstić information content (AvgIpc) is 2.13. The lowest BCUT2D eigenvalue weighted by atomic mass is 9.94. The maximum Gasteiger partial charge on any atom is 0.214 e. The third kappa shape index (κ3) is 7.68. The maximum atomic E-state index is 12.1. The molecule has 0 aliphatic rings. The Morgan fingerprint density at radius 3 is 2.24 bits per heavy atom. The normalized spacial score (nSPS) is 13.0. The van der Waals surface area contributed by atoms with Gasteiger partial charge < -0.3 is 5.73 Å². The van der Waals surface area contributed by atoms with Crippen molar-refractivity contribution in [3.63, 3.8) is 0 Å². The number of nitrogens with zero attached hydrogens (tertiary/aromatic N) is 1. The Balaban J connectivity index is 4.66. The molecule has 0 aliphatic heterocycles. The van der Waals surface area contributed by atoms with Crippen LogP contribution in [0.4, 0.5) is 0 Å². The van der Waals surface area contributed by atoms with Crippen molar-refractivity contribution in [2.24, 2.45) is 11.1 Å². The van der Waals surface area contributed by atoms with Gasteiger partial charge in [-0.05, 0) is 18.3 Å². The first-order valence-electron chi connectivity index (χ1n) is 5.84. The second-order valence-electron chi connectivity index (χ2n) is 5.43. The zero-order valence-electron chi connectivity index (χ0n) is 11.2. The van der Waals surface area contributed by atoms with Crippen LogP contribution in [0.3, 0.4) is 0 Å². The Hall–Kier alpha value is -0.200. The molecule has 17 heavy (non-hydrogen) atoms. The van der Waals surface area contributed by atoms with Crippen LogP contribution in [0.2, 0.25) is 0 Å². The fourth-order valence-corrected chi connectivity index (χ4v) is 3.47. The van der Waals surface area contributed by atoms with Gasteiger partial charge in [-0.3, -0.25) is 0 Å². The summed E-state index contributed by atoms with van der Waals surface area (Å²) >= 11 is 4.78. The van der Waals surface area contributed by atoms with Crippen LogP contribution >= 0.6 is 12.2 Å². The highest BCUT2D eigenvalue weighted by Crippen LogP contribution is 2.20. The lowest BCUT2D eigenvalue weighted by Gasteiger charge is -2.24. The highest BCUT2D eigenvalue weighted by molar-refractivity contribution is 7.89. The van der Waals surface area contributed by atoms with E-state index in [1.165, 1.54) is 4.31 Å². The van der Waals surface area contributed by atoms with E-state index in [-0.39, 0.29) is 22.7 Å². The molecule has 0 radical (unpaired) electrons.